The van der Waals surface area contributed by atoms with Gasteiger partial charge < -0.3 is 10.1 Å². The zero-order chi connectivity index (χ0) is 9.19. The molecule has 1 atom stereocenters. The highest BCUT2D eigenvalue weighted by atomic mass is 16.5. The van der Waals surface area contributed by atoms with Crippen molar-refractivity contribution < 1.29 is 9.53 Å². The second kappa shape index (κ2) is 3.44. The van der Waals surface area contributed by atoms with Crippen LogP contribution >= 0.6 is 0 Å². The molecule has 3 heteroatoms. The summed E-state index contributed by atoms with van der Waals surface area (Å²) in [5.74, 6) is 0.250. The van der Waals surface area contributed by atoms with Crippen LogP contribution in [-0.4, -0.2) is 26.2 Å². The molecule has 70 valence electrons. The molecule has 0 spiro atoms. The summed E-state index contributed by atoms with van der Waals surface area (Å²) in [5, 5.41) is 2.70. The summed E-state index contributed by atoms with van der Waals surface area (Å²) < 4.78 is 5.33. The van der Waals surface area contributed by atoms with Crippen LogP contribution in [-0.2, 0) is 9.53 Å². The van der Waals surface area contributed by atoms with Gasteiger partial charge in [0.2, 0.25) is 5.91 Å². The number of hydrogen-bond donors (Lipinski definition) is 1. The predicted octanol–water partition coefficient (Wildman–Crippen LogP) is 0.795. The minimum atomic E-state index is -0.0155. The van der Waals surface area contributed by atoms with Gasteiger partial charge in [0.25, 0.3) is 0 Å². The van der Waals surface area contributed by atoms with Gasteiger partial charge in [-0.05, 0) is 11.8 Å². The van der Waals surface area contributed by atoms with Crippen LogP contribution in [0.3, 0.4) is 0 Å². The van der Waals surface area contributed by atoms with E-state index in [-0.39, 0.29) is 17.2 Å². The first-order chi connectivity index (χ1) is 5.58. The molecular formula is C9H17NO2. The first-order valence-electron chi connectivity index (χ1n) is 4.37. The zero-order valence-corrected chi connectivity index (χ0v) is 8.02. The lowest BCUT2D eigenvalue weighted by molar-refractivity contribution is -0.135. The first-order valence-corrected chi connectivity index (χ1v) is 4.37. The van der Waals surface area contributed by atoms with E-state index < -0.39 is 0 Å². The van der Waals surface area contributed by atoms with E-state index in [0.29, 0.717) is 13.2 Å². The summed E-state index contributed by atoms with van der Waals surface area (Å²) in [6.07, 6.45) is 0.840. The molecular weight excluding hydrogens is 154 g/mol. The number of hydrogen-bond acceptors (Lipinski definition) is 2. The van der Waals surface area contributed by atoms with E-state index in [4.69, 9.17) is 4.74 Å². The maximum Gasteiger partial charge on any atom is 0.223 e. The molecule has 1 heterocycles. The number of carbonyl (C=O) groups is 1. The van der Waals surface area contributed by atoms with E-state index >= 15 is 0 Å². The summed E-state index contributed by atoms with van der Waals surface area (Å²) in [7, 11) is 1.69. The van der Waals surface area contributed by atoms with E-state index in [0.717, 1.165) is 6.42 Å². The quantitative estimate of drug-likeness (QED) is 0.633. The molecule has 0 saturated carbocycles. The van der Waals surface area contributed by atoms with E-state index in [1.54, 1.807) is 7.05 Å². The van der Waals surface area contributed by atoms with E-state index in [1.807, 2.05) is 0 Å². The average Bonchev–Trinajstić information content (AvgIpc) is 2.02. The Morgan fingerprint density at radius 1 is 1.58 bits per heavy atom. The topological polar surface area (TPSA) is 38.3 Å². The Bertz CT molecular complexity index is 177. The fraction of sp³-hybridized carbons (Fsp3) is 0.889. The molecule has 12 heavy (non-hydrogen) atoms. The SMILES string of the molecule is CNC(=O)C1CCOCC1(C)C. The molecule has 3 nitrogen and oxygen atoms in total. The van der Waals surface area contributed by atoms with Crippen LogP contribution in [0.5, 0.6) is 0 Å². The third-order valence-corrected chi connectivity index (χ3v) is 2.53. The Morgan fingerprint density at radius 2 is 2.25 bits per heavy atom. The van der Waals surface area contributed by atoms with Gasteiger partial charge in [-0.15, -0.1) is 0 Å². The summed E-state index contributed by atoms with van der Waals surface area (Å²) in [5.41, 5.74) is -0.0155. The molecule has 0 aromatic rings. The number of carbonyl (C=O) groups excluding carboxylic acids is 1. The van der Waals surface area contributed by atoms with Crippen molar-refractivity contribution in [2.75, 3.05) is 20.3 Å². The van der Waals surface area contributed by atoms with Crippen molar-refractivity contribution in [2.45, 2.75) is 20.3 Å². The molecule has 0 aromatic heterocycles. The minimum Gasteiger partial charge on any atom is -0.381 e. The first kappa shape index (κ1) is 9.52. The van der Waals surface area contributed by atoms with Gasteiger partial charge in [0.05, 0.1) is 6.61 Å². The fourth-order valence-corrected chi connectivity index (χ4v) is 1.69. The normalized spacial score (nSPS) is 28.1. The third kappa shape index (κ3) is 1.78. The lowest BCUT2D eigenvalue weighted by Gasteiger charge is -2.36. The van der Waals surface area contributed by atoms with Crippen molar-refractivity contribution in [3.8, 4) is 0 Å². The van der Waals surface area contributed by atoms with Gasteiger partial charge in [0.1, 0.15) is 0 Å². The Morgan fingerprint density at radius 3 is 2.75 bits per heavy atom. The highest BCUT2D eigenvalue weighted by molar-refractivity contribution is 5.79. The van der Waals surface area contributed by atoms with Gasteiger partial charge in [-0.1, -0.05) is 13.8 Å². The lowest BCUT2D eigenvalue weighted by Crippen LogP contribution is -2.43. The van der Waals surface area contributed by atoms with Crippen molar-refractivity contribution in [2.24, 2.45) is 11.3 Å². The van der Waals surface area contributed by atoms with Crippen LogP contribution in [0.2, 0.25) is 0 Å². The largest absolute Gasteiger partial charge is 0.381 e. The van der Waals surface area contributed by atoms with Crippen molar-refractivity contribution in [3.05, 3.63) is 0 Å². The summed E-state index contributed by atoms with van der Waals surface area (Å²) in [6.45, 7) is 5.55. The highest BCUT2D eigenvalue weighted by Gasteiger charge is 2.37. The van der Waals surface area contributed by atoms with Crippen molar-refractivity contribution in [1.82, 2.24) is 5.32 Å². The molecule has 1 N–H and O–H groups in total. The Labute approximate surface area is 73.5 Å². The fourth-order valence-electron chi connectivity index (χ4n) is 1.69. The molecule has 1 unspecified atom stereocenters. The predicted molar refractivity (Wildman–Crippen MR) is 46.8 cm³/mol. The smallest absolute Gasteiger partial charge is 0.223 e. The summed E-state index contributed by atoms with van der Waals surface area (Å²) >= 11 is 0. The maximum absolute atomic E-state index is 11.4. The maximum atomic E-state index is 11.4. The molecule has 1 rings (SSSR count). The second-order valence-electron chi connectivity index (χ2n) is 4.00. The van der Waals surface area contributed by atoms with Crippen molar-refractivity contribution in [3.63, 3.8) is 0 Å². The Hall–Kier alpha value is -0.570. The number of amides is 1. The molecule has 0 bridgehead atoms. The van der Waals surface area contributed by atoms with Crippen LogP contribution in [0.25, 0.3) is 0 Å². The zero-order valence-electron chi connectivity index (χ0n) is 8.02. The average molecular weight is 171 g/mol. The van der Waals surface area contributed by atoms with E-state index in [9.17, 15) is 4.79 Å². The van der Waals surface area contributed by atoms with Gasteiger partial charge in [-0.3, -0.25) is 4.79 Å². The van der Waals surface area contributed by atoms with Crippen LogP contribution in [0.4, 0.5) is 0 Å². The van der Waals surface area contributed by atoms with Gasteiger partial charge in [-0.2, -0.15) is 0 Å². The summed E-state index contributed by atoms with van der Waals surface area (Å²) in [4.78, 5) is 11.4. The number of nitrogens with one attached hydrogen (secondary N) is 1. The van der Waals surface area contributed by atoms with Crippen molar-refractivity contribution >= 4 is 5.91 Å². The van der Waals surface area contributed by atoms with Crippen molar-refractivity contribution in [1.29, 1.82) is 0 Å². The summed E-state index contributed by atoms with van der Waals surface area (Å²) in [6, 6.07) is 0. The Balaban J connectivity index is 2.66. The van der Waals surface area contributed by atoms with Crippen LogP contribution in [0.15, 0.2) is 0 Å². The van der Waals surface area contributed by atoms with E-state index in [1.165, 1.54) is 0 Å². The molecule has 1 fully saturated rings. The Kier molecular flexibility index (Phi) is 2.73. The van der Waals surface area contributed by atoms with Crippen LogP contribution < -0.4 is 5.32 Å². The van der Waals surface area contributed by atoms with Gasteiger partial charge in [-0.25, -0.2) is 0 Å². The van der Waals surface area contributed by atoms with Gasteiger partial charge >= 0.3 is 0 Å². The number of rotatable bonds is 1. The number of ether oxygens (including phenoxy) is 1. The van der Waals surface area contributed by atoms with E-state index in [2.05, 4.69) is 19.2 Å². The van der Waals surface area contributed by atoms with Crippen LogP contribution in [0, 0.1) is 11.3 Å². The van der Waals surface area contributed by atoms with Gasteiger partial charge in [0.15, 0.2) is 0 Å². The molecule has 0 aliphatic carbocycles. The molecule has 1 aliphatic rings. The molecule has 1 amide bonds. The standard InChI is InChI=1S/C9H17NO2/c1-9(2)6-12-5-4-7(9)8(11)10-3/h7H,4-6H2,1-3H3,(H,10,11). The second-order valence-corrected chi connectivity index (χ2v) is 4.00. The molecule has 1 saturated heterocycles. The lowest BCUT2D eigenvalue weighted by atomic mass is 9.76. The van der Waals surface area contributed by atoms with Gasteiger partial charge in [0, 0.05) is 19.6 Å². The molecule has 1 aliphatic heterocycles. The minimum absolute atomic E-state index is 0.0155. The van der Waals surface area contributed by atoms with Crippen LogP contribution in [0.1, 0.15) is 20.3 Å². The monoisotopic (exact) mass is 171 g/mol. The third-order valence-electron chi connectivity index (χ3n) is 2.53. The highest BCUT2D eigenvalue weighted by Crippen LogP contribution is 2.33. The molecule has 0 aromatic carbocycles. The molecule has 0 radical (unpaired) electrons.